The first-order chi connectivity index (χ1) is 15.1. The number of ether oxygens (including phenoxy) is 1. The number of halogens is 2. The normalized spacial score (nSPS) is 24.5. The second-order valence-electron chi connectivity index (χ2n) is 10.2. The number of likely N-dealkylation sites (tertiary alicyclic amines) is 1. The number of rotatable bonds is 6. The van der Waals surface area contributed by atoms with E-state index in [-0.39, 0.29) is 6.54 Å². The van der Waals surface area contributed by atoms with Gasteiger partial charge in [-0.1, -0.05) is 0 Å². The Labute approximate surface area is 192 Å². The minimum Gasteiger partial charge on any atom is -0.481 e. The molecule has 1 saturated heterocycles. The smallest absolute Gasteiger partial charge is 0.408 e. The Hall–Kier alpha value is -2.46. The number of hydrogen-bond acceptors (Lipinski definition) is 5. The molecule has 2 rings (SSSR count). The molecule has 188 valence electrons. The van der Waals surface area contributed by atoms with Gasteiger partial charge < -0.3 is 25.0 Å². The number of carbonyl (C=O) groups is 4. The molecule has 1 aliphatic carbocycles. The van der Waals surface area contributed by atoms with E-state index in [4.69, 9.17) is 4.74 Å². The van der Waals surface area contributed by atoms with Crippen molar-refractivity contribution >= 4 is 23.9 Å². The van der Waals surface area contributed by atoms with Crippen molar-refractivity contribution in [3.8, 4) is 0 Å². The van der Waals surface area contributed by atoms with Gasteiger partial charge in [0.15, 0.2) is 0 Å². The Morgan fingerprint density at radius 3 is 2.12 bits per heavy atom. The predicted molar refractivity (Wildman–Crippen MR) is 115 cm³/mol. The number of amides is 3. The predicted octanol–water partition coefficient (Wildman–Crippen LogP) is 2.34. The molecular formula is C22H35F2N3O6. The van der Waals surface area contributed by atoms with Crippen LogP contribution in [0.1, 0.15) is 52.9 Å². The fourth-order valence-electron chi connectivity index (χ4n) is 4.50. The fourth-order valence-corrected chi connectivity index (χ4v) is 4.50. The van der Waals surface area contributed by atoms with Crippen LogP contribution in [0.4, 0.5) is 13.6 Å². The van der Waals surface area contributed by atoms with Crippen LogP contribution in [0, 0.1) is 17.8 Å². The van der Waals surface area contributed by atoms with Crippen molar-refractivity contribution in [1.82, 2.24) is 15.1 Å². The maximum absolute atomic E-state index is 13.8. The Kier molecular flexibility index (Phi) is 8.29. The molecule has 33 heavy (non-hydrogen) atoms. The van der Waals surface area contributed by atoms with Gasteiger partial charge in [0.2, 0.25) is 11.8 Å². The number of hydrogen-bond donors (Lipinski definition) is 2. The Bertz CT molecular complexity index is 760. The summed E-state index contributed by atoms with van der Waals surface area (Å²) in [5.41, 5.74) is -0.876. The maximum Gasteiger partial charge on any atom is 0.408 e. The largest absolute Gasteiger partial charge is 0.481 e. The number of carbonyl (C=O) groups excluding carboxylic acids is 3. The molecule has 3 amide bonds. The van der Waals surface area contributed by atoms with E-state index in [0.717, 1.165) is 4.90 Å². The molecule has 1 saturated carbocycles. The first kappa shape index (κ1) is 26.8. The highest BCUT2D eigenvalue weighted by Crippen LogP contribution is 2.37. The van der Waals surface area contributed by atoms with Gasteiger partial charge in [0.25, 0.3) is 5.92 Å². The third-order valence-corrected chi connectivity index (χ3v) is 6.13. The van der Waals surface area contributed by atoms with Crippen molar-refractivity contribution in [3.63, 3.8) is 0 Å². The summed E-state index contributed by atoms with van der Waals surface area (Å²) in [7, 11) is 3.02. The second kappa shape index (κ2) is 10.2. The van der Waals surface area contributed by atoms with Crippen LogP contribution in [-0.4, -0.2) is 83.5 Å². The number of nitrogens with one attached hydrogen (secondary N) is 1. The number of nitrogens with zero attached hydrogens (tertiary/aromatic N) is 2. The van der Waals surface area contributed by atoms with Crippen LogP contribution in [0.2, 0.25) is 0 Å². The van der Waals surface area contributed by atoms with E-state index in [9.17, 15) is 33.1 Å². The van der Waals surface area contributed by atoms with Crippen LogP contribution in [0.25, 0.3) is 0 Å². The van der Waals surface area contributed by atoms with Crippen LogP contribution in [0.15, 0.2) is 0 Å². The van der Waals surface area contributed by atoms with E-state index < -0.39 is 72.2 Å². The van der Waals surface area contributed by atoms with Gasteiger partial charge in [-0.05, 0) is 52.4 Å². The molecule has 0 aromatic rings. The monoisotopic (exact) mass is 475 g/mol. The Morgan fingerprint density at radius 2 is 1.70 bits per heavy atom. The standard InChI is InChI=1S/C22H35F2N3O6/c1-21(2,3)33-20(32)25-16(18(29)27-11-10-22(23,24)12-27)15(17(28)26(4)5)13-6-8-14(9-7-13)19(30)31/h13-16H,6-12H2,1-5H3,(H,25,32)(H,30,31). The van der Waals surface area contributed by atoms with E-state index in [0.29, 0.717) is 25.7 Å². The van der Waals surface area contributed by atoms with Gasteiger partial charge in [0, 0.05) is 27.1 Å². The van der Waals surface area contributed by atoms with E-state index >= 15 is 0 Å². The maximum atomic E-state index is 13.8. The molecule has 2 N–H and O–H groups in total. The summed E-state index contributed by atoms with van der Waals surface area (Å²) in [5, 5.41) is 11.8. The number of alkyl halides is 2. The first-order valence-electron chi connectivity index (χ1n) is 11.2. The molecule has 1 aliphatic heterocycles. The SMILES string of the molecule is CN(C)C(=O)C(C1CCC(C(=O)O)CC1)C(NC(=O)OC(C)(C)C)C(=O)N1CCC(F)(F)C1. The summed E-state index contributed by atoms with van der Waals surface area (Å²) in [5.74, 6) is -7.13. The third kappa shape index (κ3) is 7.26. The van der Waals surface area contributed by atoms with Crippen LogP contribution < -0.4 is 5.32 Å². The van der Waals surface area contributed by atoms with Gasteiger partial charge in [0.05, 0.1) is 18.4 Å². The third-order valence-electron chi connectivity index (χ3n) is 6.13. The molecule has 11 heteroatoms. The zero-order valence-electron chi connectivity index (χ0n) is 19.9. The molecule has 2 atom stereocenters. The van der Waals surface area contributed by atoms with Crippen molar-refractivity contribution < 1.29 is 37.8 Å². The zero-order valence-corrected chi connectivity index (χ0v) is 19.9. The van der Waals surface area contributed by atoms with Gasteiger partial charge in [0.1, 0.15) is 11.6 Å². The Balaban J connectivity index is 2.37. The molecule has 0 radical (unpaired) electrons. The summed E-state index contributed by atoms with van der Waals surface area (Å²) in [6.07, 6.45) is -0.0523. The average molecular weight is 476 g/mol. The minimum atomic E-state index is -3.03. The average Bonchev–Trinajstić information content (AvgIpc) is 3.05. The van der Waals surface area contributed by atoms with Crippen LogP contribution in [0.5, 0.6) is 0 Å². The highest BCUT2D eigenvalue weighted by molar-refractivity contribution is 5.92. The molecular weight excluding hydrogens is 440 g/mol. The van der Waals surface area contributed by atoms with Gasteiger partial charge in [-0.15, -0.1) is 0 Å². The Morgan fingerprint density at radius 1 is 1.12 bits per heavy atom. The topological polar surface area (TPSA) is 116 Å². The van der Waals surface area contributed by atoms with Gasteiger partial charge in [-0.25, -0.2) is 13.6 Å². The summed E-state index contributed by atoms with van der Waals surface area (Å²) >= 11 is 0. The van der Waals surface area contributed by atoms with Gasteiger partial charge in [-0.3, -0.25) is 14.4 Å². The number of carboxylic acids is 1. The minimum absolute atomic E-state index is 0.188. The van der Waals surface area contributed by atoms with Crippen molar-refractivity contribution in [2.24, 2.45) is 17.8 Å². The van der Waals surface area contributed by atoms with Crippen LogP contribution in [-0.2, 0) is 19.1 Å². The lowest BCUT2D eigenvalue weighted by atomic mass is 9.72. The molecule has 0 bridgehead atoms. The first-order valence-corrected chi connectivity index (χ1v) is 11.2. The molecule has 1 heterocycles. The highest BCUT2D eigenvalue weighted by atomic mass is 19.3. The number of aliphatic carboxylic acids is 1. The van der Waals surface area contributed by atoms with E-state index in [2.05, 4.69) is 5.32 Å². The number of alkyl carbamates (subject to hydrolysis) is 1. The summed E-state index contributed by atoms with van der Waals surface area (Å²) in [6.45, 7) is 3.94. The number of carboxylic acid groups (broad SMARTS) is 1. The van der Waals surface area contributed by atoms with Crippen molar-refractivity contribution in [2.45, 2.75) is 70.4 Å². The summed E-state index contributed by atoms with van der Waals surface area (Å²) in [6, 6.07) is -1.41. The highest BCUT2D eigenvalue weighted by Gasteiger charge is 2.48. The molecule has 2 unspecified atom stereocenters. The van der Waals surface area contributed by atoms with E-state index in [1.807, 2.05) is 0 Å². The van der Waals surface area contributed by atoms with E-state index in [1.54, 1.807) is 20.8 Å². The van der Waals surface area contributed by atoms with Crippen molar-refractivity contribution in [1.29, 1.82) is 0 Å². The lowest BCUT2D eigenvalue weighted by molar-refractivity contribution is -0.147. The quantitative estimate of drug-likeness (QED) is 0.609. The van der Waals surface area contributed by atoms with Gasteiger partial charge in [-0.2, -0.15) is 0 Å². The zero-order chi connectivity index (χ0) is 25.1. The fraction of sp³-hybridized carbons (Fsp3) is 0.818. The second-order valence-corrected chi connectivity index (χ2v) is 10.2. The van der Waals surface area contributed by atoms with Crippen molar-refractivity contribution in [3.05, 3.63) is 0 Å². The molecule has 9 nitrogen and oxygen atoms in total. The lowest BCUT2D eigenvalue weighted by Crippen LogP contribution is -2.58. The van der Waals surface area contributed by atoms with Crippen LogP contribution in [0.3, 0.4) is 0 Å². The summed E-state index contributed by atoms with van der Waals surface area (Å²) < 4.78 is 32.9. The van der Waals surface area contributed by atoms with Crippen molar-refractivity contribution in [2.75, 3.05) is 27.2 Å². The van der Waals surface area contributed by atoms with Gasteiger partial charge >= 0.3 is 12.1 Å². The lowest BCUT2D eigenvalue weighted by Gasteiger charge is -2.38. The molecule has 0 aromatic carbocycles. The molecule has 0 spiro atoms. The molecule has 0 aromatic heterocycles. The van der Waals surface area contributed by atoms with E-state index in [1.165, 1.54) is 19.0 Å². The molecule has 2 fully saturated rings. The van der Waals surface area contributed by atoms with Crippen LogP contribution >= 0.6 is 0 Å². The summed E-state index contributed by atoms with van der Waals surface area (Å²) in [4.78, 5) is 52.8. The molecule has 2 aliphatic rings.